The summed E-state index contributed by atoms with van der Waals surface area (Å²) < 4.78 is 2.13. The Kier molecular flexibility index (Phi) is 5.94. The fourth-order valence-electron chi connectivity index (χ4n) is 5.10. The third-order valence-corrected chi connectivity index (χ3v) is 8.81. The van der Waals surface area contributed by atoms with Gasteiger partial charge in [-0.2, -0.15) is 0 Å². The topological polar surface area (TPSA) is 63.4 Å². The zero-order chi connectivity index (χ0) is 21.5. The van der Waals surface area contributed by atoms with Crippen molar-refractivity contribution in [2.24, 2.45) is 0 Å². The van der Waals surface area contributed by atoms with Gasteiger partial charge in [0.15, 0.2) is 10.8 Å². The first-order valence-corrected chi connectivity index (χ1v) is 13.5. The molecule has 3 aromatic rings. The van der Waals surface area contributed by atoms with E-state index in [0.717, 1.165) is 60.1 Å². The Hall–Kier alpha value is -1.67. The fraction of sp³-hybridized carbons (Fsp3) is 0.652. The number of likely N-dealkylation sites (tertiary alicyclic amines) is 1. The van der Waals surface area contributed by atoms with Crippen LogP contribution in [0.2, 0.25) is 0 Å². The SMILES string of the molecule is CCC1CCCCN1C(=O)CSc1nnc2c3c4c(sc3nc(C(C)C)n12)CCCC4. The van der Waals surface area contributed by atoms with Crippen LogP contribution in [0.3, 0.4) is 0 Å². The second-order valence-corrected chi connectivity index (χ2v) is 11.1. The molecule has 0 aromatic carbocycles. The fourth-order valence-corrected chi connectivity index (χ4v) is 7.19. The van der Waals surface area contributed by atoms with Crippen molar-refractivity contribution in [2.75, 3.05) is 12.3 Å². The predicted molar refractivity (Wildman–Crippen MR) is 127 cm³/mol. The van der Waals surface area contributed by atoms with Crippen molar-refractivity contribution in [3.63, 3.8) is 0 Å². The number of hydrogen-bond donors (Lipinski definition) is 0. The van der Waals surface area contributed by atoms with E-state index >= 15 is 0 Å². The van der Waals surface area contributed by atoms with Crippen molar-refractivity contribution in [1.82, 2.24) is 24.5 Å². The Morgan fingerprint density at radius 3 is 2.84 bits per heavy atom. The Morgan fingerprint density at radius 2 is 2.03 bits per heavy atom. The van der Waals surface area contributed by atoms with E-state index in [1.807, 2.05) is 11.3 Å². The van der Waals surface area contributed by atoms with Gasteiger partial charge in [-0.15, -0.1) is 21.5 Å². The predicted octanol–water partition coefficient (Wildman–Crippen LogP) is 5.22. The van der Waals surface area contributed by atoms with Crippen molar-refractivity contribution in [2.45, 2.75) is 89.3 Å². The lowest BCUT2D eigenvalue weighted by atomic mass is 9.97. The van der Waals surface area contributed by atoms with Gasteiger partial charge in [-0.25, -0.2) is 4.98 Å². The van der Waals surface area contributed by atoms with Gasteiger partial charge in [0.1, 0.15) is 10.7 Å². The first-order chi connectivity index (χ1) is 15.1. The van der Waals surface area contributed by atoms with Crippen LogP contribution in [0.5, 0.6) is 0 Å². The van der Waals surface area contributed by atoms with Gasteiger partial charge in [0.2, 0.25) is 5.91 Å². The summed E-state index contributed by atoms with van der Waals surface area (Å²) >= 11 is 3.35. The molecule has 0 spiro atoms. The van der Waals surface area contributed by atoms with Crippen LogP contribution in [0.4, 0.5) is 0 Å². The molecule has 1 aliphatic heterocycles. The quantitative estimate of drug-likeness (QED) is 0.491. The summed E-state index contributed by atoms with van der Waals surface area (Å²) in [5, 5.41) is 11.2. The number of thiophene rings is 1. The van der Waals surface area contributed by atoms with E-state index < -0.39 is 0 Å². The molecule has 1 unspecified atom stereocenters. The first kappa shape index (κ1) is 21.2. The minimum absolute atomic E-state index is 0.223. The average Bonchev–Trinajstić information content (AvgIpc) is 3.37. The molecule has 0 radical (unpaired) electrons. The lowest BCUT2D eigenvalue weighted by Gasteiger charge is -2.35. The number of carbonyl (C=O) groups excluding carboxylic acids is 1. The maximum atomic E-state index is 13.0. The molecule has 1 aliphatic carbocycles. The molecule has 166 valence electrons. The lowest BCUT2D eigenvalue weighted by molar-refractivity contribution is -0.132. The Bertz CT molecular complexity index is 1120. The normalized spacial score (nSPS) is 19.5. The maximum absolute atomic E-state index is 13.0. The van der Waals surface area contributed by atoms with Crippen molar-refractivity contribution >= 4 is 44.9 Å². The van der Waals surface area contributed by atoms with Gasteiger partial charge >= 0.3 is 0 Å². The number of aromatic nitrogens is 4. The van der Waals surface area contributed by atoms with Crippen LogP contribution < -0.4 is 0 Å². The van der Waals surface area contributed by atoms with E-state index in [4.69, 9.17) is 4.98 Å². The lowest BCUT2D eigenvalue weighted by Crippen LogP contribution is -2.44. The molecule has 5 rings (SSSR count). The van der Waals surface area contributed by atoms with Gasteiger partial charge in [-0.1, -0.05) is 32.5 Å². The van der Waals surface area contributed by atoms with Crippen LogP contribution in [0, 0.1) is 0 Å². The van der Waals surface area contributed by atoms with Crippen LogP contribution >= 0.6 is 23.1 Å². The third kappa shape index (κ3) is 3.75. The van der Waals surface area contributed by atoms with Gasteiger partial charge in [0, 0.05) is 23.4 Å². The maximum Gasteiger partial charge on any atom is 0.233 e. The van der Waals surface area contributed by atoms with Gasteiger partial charge in [-0.05, 0) is 56.9 Å². The highest BCUT2D eigenvalue weighted by Gasteiger charge is 2.27. The molecule has 0 N–H and O–H groups in total. The molecule has 8 heteroatoms. The molecule has 4 heterocycles. The van der Waals surface area contributed by atoms with E-state index in [1.165, 1.54) is 46.9 Å². The molecule has 1 amide bonds. The molecule has 1 saturated heterocycles. The number of amides is 1. The Labute approximate surface area is 191 Å². The number of aryl methyl sites for hydroxylation is 2. The standard InChI is InChI=1S/C23H31N5OS2/c1-4-15-9-7-8-12-27(15)18(29)13-30-23-26-25-21-19-16-10-5-6-11-17(16)31-22(19)24-20(14(2)3)28(21)23/h14-15H,4-13H2,1-3H3. The molecule has 31 heavy (non-hydrogen) atoms. The average molecular weight is 458 g/mol. The summed E-state index contributed by atoms with van der Waals surface area (Å²) in [5.41, 5.74) is 2.35. The molecule has 1 atom stereocenters. The summed E-state index contributed by atoms with van der Waals surface area (Å²) in [6.45, 7) is 7.41. The number of rotatable bonds is 5. The van der Waals surface area contributed by atoms with E-state index in [1.54, 1.807) is 0 Å². The van der Waals surface area contributed by atoms with Gasteiger partial charge in [0.25, 0.3) is 0 Å². The smallest absolute Gasteiger partial charge is 0.233 e. The molecular weight excluding hydrogens is 426 g/mol. The van der Waals surface area contributed by atoms with Crippen molar-refractivity contribution in [3.8, 4) is 0 Å². The summed E-state index contributed by atoms with van der Waals surface area (Å²) in [5.74, 6) is 1.88. The number of carbonyl (C=O) groups is 1. The van der Waals surface area contributed by atoms with E-state index in [9.17, 15) is 4.79 Å². The van der Waals surface area contributed by atoms with Gasteiger partial charge in [-0.3, -0.25) is 9.20 Å². The van der Waals surface area contributed by atoms with E-state index in [2.05, 4.69) is 40.3 Å². The summed E-state index contributed by atoms with van der Waals surface area (Å²) in [7, 11) is 0. The van der Waals surface area contributed by atoms with Crippen molar-refractivity contribution in [1.29, 1.82) is 0 Å². The Morgan fingerprint density at radius 1 is 1.19 bits per heavy atom. The molecule has 0 bridgehead atoms. The zero-order valence-corrected chi connectivity index (χ0v) is 20.3. The number of fused-ring (bicyclic) bond motifs is 5. The van der Waals surface area contributed by atoms with E-state index in [-0.39, 0.29) is 11.8 Å². The van der Waals surface area contributed by atoms with E-state index in [0.29, 0.717) is 11.8 Å². The van der Waals surface area contributed by atoms with Gasteiger partial charge in [0.05, 0.1) is 11.1 Å². The minimum Gasteiger partial charge on any atom is -0.339 e. The molecule has 1 fully saturated rings. The molecular formula is C23H31N5OS2. The van der Waals surface area contributed by atoms with Gasteiger partial charge < -0.3 is 4.90 Å². The van der Waals surface area contributed by atoms with Crippen LogP contribution in [0.1, 0.15) is 81.5 Å². The second kappa shape index (κ2) is 8.70. The summed E-state index contributed by atoms with van der Waals surface area (Å²) in [6, 6.07) is 0.391. The number of nitrogens with zero attached hydrogens (tertiary/aromatic N) is 5. The summed E-state index contributed by atoms with van der Waals surface area (Å²) in [4.78, 5) is 22.8. The van der Waals surface area contributed by atoms with Crippen LogP contribution in [0.25, 0.3) is 15.9 Å². The molecule has 6 nitrogen and oxygen atoms in total. The summed E-state index contributed by atoms with van der Waals surface area (Å²) in [6.07, 6.45) is 9.26. The minimum atomic E-state index is 0.223. The molecule has 0 saturated carbocycles. The van der Waals surface area contributed by atoms with Crippen molar-refractivity contribution in [3.05, 3.63) is 16.3 Å². The van der Waals surface area contributed by atoms with Crippen LogP contribution in [0.15, 0.2) is 5.16 Å². The highest BCUT2D eigenvalue weighted by atomic mass is 32.2. The first-order valence-electron chi connectivity index (χ1n) is 11.7. The number of hydrogen-bond acceptors (Lipinski definition) is 6. The highest BCUT2D eigenvalue weighted by molar-refractivity contribution is 7.99. The van der Waals surface area contributed by atoms with Crippen LogP contribution in [-0.2, 0) is 17.6 Å². The third-order valence-electron chi connectivity index (χ3n) is 6.71. The van der Waals surface area contributed by atoms with Crippen molar-refractivity contribution < 1.29 is 4.79 Å². The van der Waals surface area contributed by atoms with Crippen LogP contribution in [-0.4, -0.2) is 48.7 Å². The second-order valence-electron chi connectivity index (χ2n) is 9.09. The molecule has 3 aromatic heterocycles. The number of piperidine rings is 1. The number of thioether (sulfide) groups is 1. The zero-order valence-electron chi connectivity index (χ0n) is 18.7. The largest absolute Gasteiger partial charge is 0.339 e. The Balaban J connectivity index is 1.50. The molecule has 2 aliphatic rings. The highest BCUT2D eigenvalue weighted by Crippen LogP contribution is 2.39. The monoisotopic (exact) mass is 457 g/mol.